The number of rotatable bonds is 8. The van der Waals surface area contributed by atoms with Crippen LogP contribution in [-0.4, -0.2) is 69.0 Å². The number of anilines is 1. The zero-order chi connectivity index (χ0) is 24.4. The van der Waals surface area contributed by atoms with Crippen molar-refractivity contribution >= 4 is 33.1 Å². The van der Waals surface area contributed by atoms with E-state index in [4.69, 9.17) is 14.7 Å². The lowest BCUT2D eigenvalue weighted by Gasteiger charge is -2.27. The van der Waals surface area contributed by atoms with Gasteiger partial charge in [0.2, 0.25) is 0 Å². The molecule has 1 fully saturated rings. The van der Waals surface area contributed by atoms with Crippen molar-refractivity contribution in [3.8, 4) is 0 Å². The molecule has 0 amide bonds. The van der Waals surface area contributed by atoms with Gasteiger partial charge in [-0.15, -0.1) is 11.3 Å². The van der Waals surface area contributed by atoms with Gasteiger partial charge in [-0.3, -0.25) is 15.0 Å². The van der Waals surface area contributed by atoms with Crippen molar-refractivity contribution in [3.63, 3.8) is 0 Å². The second-order valence-electron chi connectivity index (χ2n) is 8.99. The number of hydrogen-bond donors (Lipinski definition) is 3. The maximum absolute atomic E-state index is 11.0. The molecule has 186 valence electrons. The Morgan fingerprint density at radius 2 is 1.91 bits per heavy atom. The monoisotopic (exact) mass is 499 g/mol. The van der Waals surface area contributed by atoms with E-state index in [9.17, 15) is 20.3 Å². The molecule has 35 heavy (non-hydrogen) atoms. The quantitative estimate of drug-likeness (QED) is 0.316. The number of benzene rings is 1. The van der Waals surface area contributed by atoms with E-state index in [2.05, 4.69) is 10.2 Å². The van der Waals surface area contributed by atoms with Gasteiger partial charge in [0.05, 0.1) is 42.7 Å². The summed E-state index contributed by atoms with van der Waals surface area (Å²) in [4.78, 5) is 24.8. The lowest BCUT2D eigenvalue weighted by Crippen LogP contribution is -2.36. The number of fused-ring (bicyclic) bond motifs is 3. The standard InChI is InChI=1S/C24H29N5O5S/c30-14-18(22(31)15-5-7-16(8-6-15)29(32)33)25-23-21-17-3-1-2-4-19(17)35-24(21)27-20(26-23)13-28-9-11-34-12-10-28/h5-8,18,22,30-31H,1-4,9-14H2,(H,25,26,27). The van der Waals surface area contributed by atoms with E-state index >= 15 is 0 Å². The number of nitrogens with one attached hydrogen (secondary N) is 1. The zero-order valence-corrected chi connectivity index (χ0v) is 20.2. The molecule has 0 saturated carbocycles. The van der Waals surface area contributed by atoms with E-state index in [0.29, 0.717) is 37.0 Å². The summed E-state index contributed by atoms with van der Waals surface area (Å²) < 4.78 is 5.46. The van der Waals surface area contributed by atoms with Gasteiger partial charge < -0.3 is 20.3 Å². The van der Waals surface area contributed by atoms with E-state index < -0.39 is 17.1 Å². The van der Waals surface area contributed by atoms with Crippen LogP contribution in [0.3, 0.4) is 0 Å². The molecule has 3 N–H and O–H groups in total. The van der Waals surface area contributed by atoms with Crippen LogP contribution in [0.1, 0.15) is 40.8 Å². The van der Waals surface area contributed by atoms with Crippen molar-refractivity contribution in [1.82, 2.24) is 14.9 Å². The summed E-state index contributed by atoms with van der Waals surface area (Å²) in [7, 11) is 0. The molecule has 1 aliphatic carbocycles. The fourth-order valence-electron chi connectivity index (χ4n) is 4.76. The number of aromatic nitrogens is 2. The minimum absolute atomic E-state index is 0.0513. The molecule has 11 heteroatoms. The summed E-state index contributed by atoms with van der Waals surface area (Å²) in [6.07, 6.45) is 3.19. The molecule has 3 aromatic rings. The Hall–Kier alpha value is -2.70. The Bertz CT molecular complexity index is 1200. The Morgan fingerprint density at radius 1 is 1.17 bits per heavy atom. The topological polar surface area (TPSA) is 134 Å². The highest BCUT2D eigenvalue weighted by molar-refractivity contribution is 7.19. The minimum atomic E-state index is -1.08. The van der Waals surface area contributed by atoms with E-state index in [1.807, 2.05) is 0 Å². The largest absolute Gasteiger partial charge is 0.394 e. The van der Waals surface area contributed by atoms with Gasteiger partial charge in [-0.2, -0.15) is 0 Å². The number of non-ortho nitro benzene ring substituents is 1. The predicted molar refractivity (Wildman–Crippen MR) is 133 cm³/mol. The Balaban J connectivity index is 1.47. The summed E-state index contributed by atoms with van der Waals surface area (Å²) in [5.74, 6) is 1.32. The Kier molecular flexibility index (Phi) is 7.21. The van der Waals surface area contributed by atoms with E-state index in [1.54, 1.807) is 11.3 Å². The number of aryl methyl sites for hydroxylation is 2. The van der Waals surface area contributed by atoms with Crippen LogP contribution in [0.4, 0.5) is 11.5 Å². The normalized spacial score (nSPS) is 18.2. The molecule has 10 nitrogen and oxygen atoms in total. The lowest BCUT2D eigenvalue weighted by molar-refractivity contribution is -0.384. The SMILES string of the molecule is O=[N+]([O-])c1ccc(C(O)C(CO)Nc2nc(CN3CCOCC3)nc3sc4c(c23)CCCC4)cc1. The van der Waals surface area contributed by atoms with Gasteiger partial charge in [-0.05, 0) is 48.9 Å². The van der Waals surface area contributed by atoms with Crippen LogP contribution in [-0.2, 0) is 24.1 Å². The van der Waals surface area contributed by atoms with Crippen molar-refractivity contribution < 1.29 is 19.9 Å². The highest BCUT2D eigenvalue weighted by Gasteiger charge is 2.26. The number of aliphatic hydroxyl groups is 2. The van der Waals surface area contributed by atoms with Crippen LogP contribution in [0.2, 0.25) is 0 Å². The highest BCUT2D eigenvalue weighted by Crippen LogP contribution is 2.39. The fraction of sp³-hybridized carbons (Fsp3) is 0.500. The minimum Gasteiger partial charge on any atom is -0.394 e. The summed E-state index contributed by atoms with van der Waals surface area (Å²) >= 11 is 1.71. The second kappa shape index (κ2) is 10.5. The lowest BCUT2D eigenvalue weighted by atomic mass is 9.96. The number of nitrogens with zero attached hydrogens (tertiary/aromatic N) is 4. The number of ether oxygens (including phenoxy) is 1. The summed E-state index contributed by atoms with van der Waals surface area (Å²) in [6.45, 7) is 3.29. The number of aliphatic hydroxyl groups excluding tert-OH is 2. The van der Waals surface area contributed by atoms with Gasteiger partial charge in [0.15, 0.2) is 0 Å². The molecule has 0 spiro atoms. The van der Waals surface area contributed by atoms with Crippen molar-refractivity contribution in [2.24, 2.45) is 0 Å². The van der Waals surface area contributed by atoms with Gasteiger partial charge in [0.25, 0.3) is 5.69 Å². The molecule has 1 saturated heterocycles. The smallest absolute Gasteiger partial charge is 0.269 e. The average Bonchev–Trinajstić information content (AvgIpc) is 3.26. The molecular weight excluding hydrogens is 470 g/mol. The second-order valence-corrected chi connectivity index (χ2v) is 10.1. The maximum atomic E-state index is 11.0. The van der Waals surface area contributed by atoms with Crippen molar-refractivity contribution in [3.05, 3.63) is 56.2 Å². The van der Waals surface area contributed by atoms with Crippen molar-refractivity contribution in [1.29, 1.82) is 0 Å². The molecule has 5 rings (SSSR count). The molecule has 1 aliphatic heterocycles. The average molecular weight is 500 g/mol. The van der Waals surface area contributed by atoms with Gasteiger partial charge in [-0.25, -0.2) is 9.97 Å². The van der Waals surface area contributed by atoms with Crippen LogP contribution in [0, 0.1) is 10.1 Å². The van der Waals surface area contributed by atoms with Crippen LogP contribution < -0.4 is 5.32 Å². The van der Waals surface area contributed by atoms with Gasteiger partial charge in [-0.1, -0.05) is 0 Å². The molecule has 0 radical (unpaired) electrons. The van der Waals surface area contributed by atoms with Crippen molar-refractivity contribution in [2.45, 2.75) is 44.4 Å². The zero-order valence-electron chi connectivity index (χ0n) is 19.4. The molecule has 2 aliphatic rings. The van der Waals surface area contributed by atoms with Gasteiger partial charge in [0, 0.05) is 30.1 Å². The first-order valence-electron chi connectivity index (χ1n) is 11.9. The number of nitro benzene ring substituents is 1. The Morgan fingerprint density at radius 3 is 2.63 bits per heavy atom. The number of morpholine rings is 1. The summed E-state index contributed by atoms with van der Waals surface area (Å²) in [5, 5.41) is 36.4. The molecule has 3 heterocycles. The number of nitro groups is 1. The van der Waals surface area contributed by atoms with E-state index in [0.717, 1.165) is 49.0 Å². The molecule has 2 atom stereocenters. The molecular formula is C24H29N5O5S. The third-order valence-electron chi connectivity index (χ3n) is 6.68. The first kappa shape index (κ1) is 24.0. The first-order valence-corrected chi connectivity index (χ1v) is 12.8. The fourth-order valence-corrected chi connectivity index (χ4v) is 6.04. The third kappa shape index (κ3) is 5.14. The molecule has 2 aromatic heterocycles. The molecule has 1 aromatic carbocycles. The first-order chi connectivity index (χ1) is 17.0. The maximum Gasteiger partial charge on any atom is 0.269 e. The number of thiophene rings is 1. The third-order valence-corrected chi connectivity index (χ3v) is 7.86. The van der Waals surface area contributed by atoms with Crippen LogP contribution >= 0.6 is 11.3 Å². The molecule has 0 bridgehead atoms. The highest BCUT2D eigenvalue weighted by atomic mass is 32.1. The van der Waals surface area contributed by atoms with Crippen LogP contribution in [0.5, 0.6) is 0 Å². The van der Waals surface area contributed by atoms with E-state index in [-0.39, 0.29) is 12.3 Å². The summed E-state index contributed by atoms with van der Waals surface area (Å²) in [5.41, 5.74) is 1.69. The van der Waals surface area contributed by atoms with Crippen molar-refractivity contribution in [2.75, 3.05) is 38.2 Å². The summed E-state index contributed by atoms with van der Waals surface area (Å²) in [6, 6.07) is 4.99. The van der Waals surface area contributed by atoms with Gasteiger partial charge >= 0.3 is 0 Å². The van der Waals surface area contributed by atoms with Crippen LogP contribution in [0.15, 0.2) is 24.3 Å². The predicted octanol–water partition coefficient (Wildman–Crippen LogP) is 2.82. The molecule has 2 unspecified atom stereocenters. The number of hydrogen-bond acceptors (Lipinski definition) is 10. The van der Waals surface area contributed by atoms with Gasteiger partial charge in [0.1, 0.15) is 22.6 Å². The van der Waals surface area contributed by atoms with E-state index in [1.165, 1.54) is 34.7 Å². The Labute approximate surface area is 206 Å². The van der Waals surface area contributed by atoms with Crippen LogP contribution in [0.25, 0.3) is 10.2 Å².